The summed E-state index contributed by atoms with van der Waals surface area (Å²) in [5.41, 5.74) is 6.36. The predicted molar refractivity (Wildman–Crippen MR) is 85.4 cm³/mol. The van der Waals surface area contributed by atoms with Gasteiger partial charge in [0.1, 0.15) is 9.88 Å². The first kappa shape index (κ1) is 14.7. The lowest BCUT2D eigenvalue weighted by atomic mass is 9.97. The largest absolute Gasteiger partial charge is 0.369 e. The number of aromatic nitrogens is 1. The number of hydrogen-bond acceptors (Lipinski definition) is 4. The topological polar surface area (TPSA) is 76.3 Å². The number of amides is 2. The summed E-state index contributed by atoms with van der Waals surface area (Å²) in [6.45, 7) is 1.08. The fraction of sp³-hybridized carbons (Fsp3) is 0.312. The van der Waals surface area contributed by atoms with Crippen LogP contribution in [0.15, 0.2) is 36.5 Å². The summed E-state index contributed by atoms with van der Waals surface area (Å²) in [7, 11) is 0. The molecule has 2 amide bonds. The maximum absolute atomic E-state index is 12.6. The molecule has 1 aromatic heterocycles. The molecule has 1 unspecified atom stereocenters. The molecule has 5 nitrogen and oxygen atoms in total. The lowest BCUT2D eigenvalue weighted by Gasteiger charge is -2.30. The third kappa shape index (κ3) is 3.01. The summed E-state index contributed by atoms with van der Waals surface area (Å²) in [5.74, 6) is -0.628. The van der Waals surface area contributed by atoms with E-state index in [-0.39, 0.29) is 17.7 Å². The zero-order valence-electron chi connectivity index (χ0n) is 12.1. The van der Waals surface area contributed by atoms with Crippen LogP contribution in [0, 0.1) is 5.92 Å². The van der Waals surface area contributed by atoms with E-state index >= 15 is 0 Å². The van der Waals surface area contributed by atoms with Gasteiger partial charge in [0.05, 0.1) is 12.1 Å². The molecule has 0 saturated carbocycles. The van der Waals surface area contributed by atoms with Gasteiger partial charge in [-0.1, -0.05) is 30.3 Å². The minimum Gasteiger partial charge on any atom is -0.369 e. The summed E-state index contributed by atoms with van der Waals surface area (Å²) < 4.78 is 0. The van der Waals surface area contributed by atoms with E-state index in [4.69, 9.17) is 5.73 Å². The van der Waals surface area contributed by atoms with E-state index in [1.54, 1.807) is 11.1 Å². The van der Waals surface area contributed by atoms with E-state index in [2.05, 4.69) is 4.98 Å². The molecule has 3 rings (SSSR count). The second-order valence-corrected chi connectivity index (χ2v) is 6.42. The third-order valence-corrected chi connectivity index (χ3v) is 4.88. The molecule has 2 aromatic rings. The van der Waals surface area contributed by atoms with Crippen LogP contribution in [0.3, 0.4) is 0 Å². The molecule has 1 aliphatic heterocycles. The number of carbonyl (C=O) groups is 2. The van der Waals surface area contributed by atoms with Crippen molar-refractivity contribution in [2.75, 3.05) is 13.1 Å². The minimum absolute atomic E-state index is 0.0642. The molecular formula is C16H17N3O2S. The van der Waals surface area contributed by atoms with Gasteiger partial charge in [0.15, 0.2) is 0 Å². The number of thiazole rings is 1. The molecule has 1 fully saturated rings. The number of nitrogens with two attached hydrogens (primary N) is 1. The fourth-order valence-corrected chi connectivity index (χ4v) is 3.53. The number of piperidine rings is 1. The third-order valence-electron chi connectivity index (χ3n) is 3.85. The molecule has 0 radical (unpaired) electrons. The molecule has 22 heavy (non-hydrogen) atoms. The summed E-state index contributed by atoms with van der Waals surface area (Å²) in [6.07, 6.45) is 3.18. The molecule has 1 saturated heterocycles. The number of likely N-dealkylation sites (tertiary alicyclic amines) is 1. The van der Waals surface area contributed by atoms with Crippen molar-refractivity contribution in [1.82, 2.24) is 9.88 Å². The molecule has 2 N–H and O–H groups in total. The molecule has 6 heteroatoms. The Bertz CT molecular complexity index is 684. The first-order valence-corrected chi connectivity index (χ1v) is 8.06. The van der Waals surface area contributed by atoms with Crippen LogP contribution in [0.5, 0.6) is 0 Å². The van der Waals surface area contributed by atoms with Crippen molar-refractivity contribution < 1.29 is 9.59 Å². The summed E-state index contributed by atoms with van der Waals surface area (Å²) in [4.78, 5) is 30.5. The van der Waals surface area contributed by atoms with Crippen LogP contribution in [0.25, 0.3) is 10.6 Å². The Balaban J connectivity index is 1.76. The lowest BCUT2D eigenvalue weighted by molar-refractivity contribution is -0.123. The van der Waals surface area contributed by atoms with Gasteiger partial charge in [-0.05, 0) is 12.8 Å². The highest BCUT2D eigenvalue weighted by atomic mass is 32.1. The molecular weight excluding hydrogens is 298 g/mol. The Hall–Kier alpha value is -2.21. The Morgan fingerprint density at radius 3 is 2.77 bits per heavy atom. The second-order valence-electron chi connectivity index (χ2n) is 5.39. The lowest BCUT2D eigenvalue weighted by Crippen LogP contribution is -2.43. The Labute approximate surface area is 132 Å². The zero-order valence-corrected chi connectivity index (χ0v) is 12.9. The van der Waals surface area contributed by atoms with Gasteiger partial charge in [-0.25, -0.2) is 4.98 Å². The maximum Gasteiger partial charge on any atom is 0.265 e. The van der Waals surface area contributed by atoms with Crippen molar-refractivity contribution in [3.8, 4) is 10.6 Å². The van der Waals surface area contributed by atoms with Gasteiger partial charge >= 0.3 is 0 Å². The highest BCUT2D eigenvalue weighted by Crippen LogP contribution is 2.27. The minimum atomic E-state index is -0.327. The number of nitrogens with zero attached hydrogens (tertiary/aromatic N) is 2. The Morgan fingerprint density at radius 2 is 2.05 bits per heavy atom. The van der Waals surface area contributed by atoms with Crippen molar-refractivity contribution in [1.29, 1.82) is 0 Å². The average molecular weight is 315 g/mol. The molecule has 1 atom stereocenters. The van der Waals surface area contributed by atoms with E-state index < -0.39 is 0 Å². The summed E-state index contributed by atoms with van der Waals surface area (Å²) in [6, 6.07) is 9.77. The zero-order chi connectivity index (χ0) is 15.5. The molecule has 1 aromatic carbocycles. The Kier molecular flexibility index (Phi) is 4.20. The van der Waals surface area contributed by atoms with Gasteiger partial charge in [-0.3, -0.25) is 9.59 Å². The number of primary amides is 1. The number of carbonyl (C=O) groups excluding carboxylic acids is 2. The van der Waals surface area contributed by atoms with E-state index in [0.717, 1.165) is 23.4 Å². The van der Waals surface area contributed by atoms with Crippen molar-refractivity contribution in [3.63, 3.8) is 0 Å². The van der Waals surface area contributed by atoms with Crippen LogP contribution in [0.1, 0.15) is 22.5 Å². The maximum atomic E-state index is 12.6. The fourth-order valence-electron chi connectivity index (χ4n) is 2.64. The van der Waals surface area contributed by atoms with E-state index in [1.165, 1.54) is 11.3 Å². The highest BCUT2D eigenvalue weighted by Gasteiger charge is 2.28. The summed E-state index contributed by atoms with van der Waals surface area (Å²) >= 11 is 1.38. The van der Waals surface area contributed by atoms with Crippen molar-refractivity contribution in [2.24, 2.45) is 11.7 Å². The van der Waals surface area contributed by atoms with Gasteiger partial charge in [0.2, 0.25) is 5.91 Å². The van der Waals surface area contributed by atoms with Gasteiger partial charge in [-0.2, -0.15) is 0 Å². The van der Waals surface area contributed by atoms with Gasteiger partial charge < -0.3 is 10.6 Å². The van der Waals surface area contributed by atoms with Crippen LogP contribution in [-0.2, 0) is 4.79 Å². The predicted octanol–water partition coefficient (Wildman–Crippen LogP) is 2.15. The van der Waals surface area contributed by atoms with E-state index in [1.807, 2.05) is 30.3 Å². The van der Waals surface area contributed by atoms with Crippen LogP contribution < -0.4 is 5.73 Å². The van der Waals surface area contributed by atoms with Gasteiger partial charge in [0, 0.05) is 18.7 Å². The van der Waals surface area contributed by atoms with E-state index in [0.29, 0.717) is 18.0 Å². The quantitative estimate of drug-likeness (QED) is 0.943. The average Bonchev–Trinajstić information content (AvgIpc) is 3.05. The van der Waals surface area contributed by atoms with Crippen LogP contribution in [-0.4, -0.2) is 34.8 Å². The van der Waals surface area contributed by atoms with Crippen LogP contribution in [0.2, 0.25) is 0 Å². The molecule has 1 aliphatic rings. The van der Waals surface area contributed by atoms with Crippen molar-refractivity contribution in [2.45, 2.75) is 12.8 Å². The first-order valence-electron chi connectivity index (χ1n) is 7.25. The standard InChI is InChI=1S/C16H17N3O2S/c17-14(20)12-7-4-8-19(10-12)16(21)13-9-18-15(22-13)11-5-2-1-3-6-11/h1-3,5-6,9,12H,4,7-8,10H2,(H2,17,20). The van der Waals surface area contributed by atoms with Crippen molar-refractivity contribution in [3.05, 3.63) is 41.4 Å². The molecule has 0 bridgehead atoms. The second kappa shape index (κ2) is 6.27. The Morgan fingerprint density at radius 1 is 1.27 bits per heavy atom. The van der Waals surface area contributed by atoms with Crippen LogP contribution >= 0.6 is 11.3 Å². The number of rotatable bonds is 3. The number of hydrogen-bond donors (Lipinski definition) is 1. The van der Waals surface area contributed by atoms with E-state index in [9.17, 15) is 9.59 Å². The van der Waals surface area contributed by atoms with Gasteiger partial charge in [-0.15, -0.1) is 11.3 Å². The normalized spacial score (nSPS) is 18.2. The first-order chi connectivity index (χ1) is 10.6. The molecule has 0 aliphatic carbocycles. The van der Waals surface area contributed by atoms with Gasteiger partial charge in [0.25, 0.3) is 5.91 Å². The SMILES string of the molecule is NC(=O)C1CCCN(C(=O)c2cnc(-c3ccccc3)s2)C1. The smallest absolute Gasteiger partial charge is 0.265 e. The summed E-state index contributed by atoms with van der Waals surface area (Å²) in [5, 5.41) is 0.826. The highest BCUT2D eigenvalue weighted by molar-refractivity contribution is 7.16. The van der Waals surface area contributed by atoms with Crippen molar-refractivity contribution >= 4 is 23.2 Å². The molecule has 0 spiro atoms. The molecule has 2 heterocycles. The monoisotopic (exact) mass is 315 g/mol. The number of benzene rings is 1. The molecule has 114 valence electrons. The van der Waals surface area contributed by atoms with Crippen LogP contribution in [0.4, 0.5) is 0 Å².